The number of nitrogens with zero attached hydrogens (tertiary/aromatic N) is 3. The van der Waals surface area contributed by atoms with Crippen molar-refractivity contribution in [3.8, 4) is 11.3 Å². The lowest BCUT2D eigenvalue weighted by molar-refractivity contribution is -0.129. The summed E-state index contributed by atoms with van der Waals surface area (Å²) in [5.41, 5.74) is 3.09. The lowest BCUT2D eigenvalue weighted by Crippen LogP contribution is -2.45. The summed E-state index contributed by atoms with van der Waals surface area (Å²) in [6.45, 7) is 3.44. The van der Waals surface area contributed by atoms with Gasteiger partial charge in [0.25, 0.3) is 5.91 Å². The first-order chi connectivity index (χ1) is 15.6. The van der Waals surface area contributed by atoms with Gasteiger partial charge in [0.2, 0.25) is 5.91 Å². The number of nitrogens with one attached hydrogen (secondary N) is 1. The number of likely N-dealkylation sites (tertiary alicyclic amines) is 1. The van der Waals surface area contributed by atoms with Crippen LogP contribution >= 0.6 is 0 Å². The maximum absolute atomic E-state index is 13.4. The molecule has 1 aliphatic carbocycles. The Labute approximate surface area is 186 Å². The fourth-order valence-electron chi connectivity index (χ4n) is 4.97. The van der Waals surface area contributed by atoms with Crippen molar-refractivity contribution in [3.05, 3.63) is 72.0 Å². The van der Waals surface area contributed by atoms with E-state index in [2.05, 4.69) is 15.3 Å². The SMILES string of the molecule is Cc1cccc(-c2ocnc2C(=O)N2CC(C(=O)NCc3ccncc3)C3(CCC3)C2)c1. The summed E-state index contributed by atoms with van der Waals surface area (Å²) >= 11 is 0. The van der Waals surface area contributed by atoms with Crippen LogP contribution in [0.25, 0.3) is 11.3 Å². The largest absolute Gasteiger partial charge is 0.443 e. The summed E-state index contributed by atoms with van der Waals surface area (Å²) in [6.07, 6.45) is 7.78. The number of hydrogen-bond acceptors (Lipinski definition) is 5. The van der Waals surface area contributed by atoms with E-state index < -0.39 is 0 Å². The molecule has 7 heteroatoms. The third kappa shape index (κ3) is 3.68. The van der Waals surface area contributed by atoms with Crippen molar-refractivity contribution < 1.29 is 14.0 Å². The first-order valence-corrected chi connectivity index (χ1v) is 11.0. The molecule has 32 heavy (non-hydrogen) atoms. The van der Waals surface area contributed by atoms with Crippen molar-refractivity contribution >= 4 is 11.8 Å². The highest BCUT2D eigenvalue weighted by Gasteiger charge is 2.54. The van der Waals surface area contributed by atoms with Gasteiger partial charge in [0.1, 0.15) is 0 Å². The molecule has 3 heterocycles. The van der Waals surface area contributed by atoms with Crippen LogP contribution in [-0.2, 0) is 11.3 Å². The molecule has 2 aromatic heterocycles. The average Bonchev–Trinajstić information content (AvgIpc) is 3.43. The van der Waals surface area contributed by atoms with Gasteiger partial charge in [0.15, 0.2) is 17.8 Å². The Bertz CT molecular complexity index is 1140. The second-order valence-electron chi connectivity index (χ2n) is 8.93. The Morgan fingerprint density at radius 2 is 2.03 bits per heavy atom. The van der Waals surface area contributed by atoms with Crippen LogP contribution in [-0.4, -0.2) is 39.8 Å². The molecular weight excluding hydrogens is 404 g/mol. The van der Waals surface area contributed by atoms with Crippen LogP contribution in [0.1, 0.15) is 40.9 Å². The Hall–Kier alpha value is -3.48. The zero-order valence-corrected chi connectivity index (χ0v) is 18.1. The zero-order chi connectivity index (χ0) is 22.1. The van der Waals surface area contributed by atoms with Gasteiger partial charge in [0.05, 0.1) is 5.92 Å². The number of aryl methyl sites for hydroxylation is 1. The van der Waals surface area contributed by atoms with Crippen LogP contribution in [0.2, 0.25) is 0 Å². The number of pyridine rings is 1. The van der Waals surface area contributed by atoms with Gasteiger partial charge >= 0.3 is 0 Å². The molecule has 1 spiro atoms. The number of carbonyl (C=O) groups excluding carboxylic acids is 2. The number of rotatable bonds is 5. The molecule has 0 bridgehead atoms. The van der Waals surface area contributed by atoms with E-state index in [0.29, 0.717) is 31.1 Å². The monoisotopic (exact) mass is 430 g/mol. The van der Waals surface area contributed by atoms with Gasteiger partial charge in [-0.15, -0.1) is 0 Å². The minimum absolute atomic E-state index is 0.0101. The Kier molecular flexibility index (Phi) is 5.25. The topological polar surface area (TPSA) is 88.3 Å². The fourth-order valence-corrected chi connectivity index (χ4v) is 4.97. The van der Waals surface area contributed by atoms with Crippen molar-refractivity contribution in [2.24, 2.45) is 11.3 Å². The highest BCUT2D eigenvalue weighted by molar-refractivity contribution is 5.98. The minimum atomic E-state index is -0.212. The molecule has 1 N–H and O–H groups in total. The molecule has 1 aromatic carbocycles. The molecule has 1 saturated carbocycles. The van der Waals surface area contributed by atoms with Crippen molar-refractivity contribution in [1.29, 1.82) is 0 Å². The number of benzene rings is 1. The van der Waals surface area contributed by atoms with E-state index in [1.165, 1.54) is 6.39 Å². The Morgan fingerprint density at radius 3 is 2.75 bits per heavy atom. The van der Waals surface area contributed by atoms with Gasteiger partial charge in [-0.2, -0.15) is 0 Å². The highest BCUT2D eigenvalue weighted by Crippen LogP contribution is 2.52. The maximum Gasteiger partial charge on any atom is 0.276 e. The Balaban J connectivity index is 1.33. The highest BCUT2D eigenvalue weighted by atomic mass is 16.3. The Morgan fingerprint density at radius 1 is 1.22 bits per heavy atom. The number of carbonyl (C=O) groups is 2. The van der Waals surface area contributed by atoms with Crippen LogP contribution in [0.5, 0.6) is 0 Å². The number of amides is 2. The summed E-state index contributed by atoms with van der Waals surface area (Å²) in [4.78, 5) is 36.6. The normalized spacial score (nSPS) is 19.0. The van der Waals surface area contributed by atoms with Gasteiger partial charge in [-0.3, -0.25) is 14.6 Å². The number of hydrogen-bond donors (Lipinski definition) is 1. The molecule has 2 aliphatic rings. The van der Waals surface area contributed by atoms with E-state index in [9.17, 15) is 9.59 Å². The van der Waals surface area contributed by atoms with Crippen molar-refractivity contribution in [2.45, 2.75) is 32.7 Å². The summed E-state index contributed by atoms with van der Waals surface area (Å²) in [5, 5.41) is 3.06. The molecule has 164 valence electrons. The molecule has 5 rings (SSSR count). The molecule has 1 saturated heterocycles. The van der Waals surface area contributed by atoms with Gasteiger partial charge in [-0.25, -0.2) is 4.98 Å². The second-order valence-corrected chi connectivity index (χ2v) is 8.93. The van der Waals surface area contributed by atoms with E-state index in [-0.39, 0.29) is 23.1 Å². The van der Waals surface area contributed by atoms with Crippen LogP contribution < -0.4 is 5.32 Å². The van der Waals surface area contributed by atoms with Gasteiger partial charge in [-0.05, 0) is 43.5 Å². The second kappa shape index (κ2) is 8.22. The summed E-state index contributed by atoms with van der Waals surface area (Å²) < 4.78 is 5.60. The van der Waals surface area contributed by atoms with E-state index in [0.717, 1.165) is 36.0 Å². The van der Waals surface area contributed by atoms with Crippen LogP contribution in [0.15, 0.2) is 59.6 Å². The lowest BCUT2D eigenvalue weighted by Gasteiger charge is -2.41. The zero-order valence-electron chi connectivity index (χ0n) is 18.1. The fraction of sp³-hybridized carbons (Fsp3) is 0.360. The van der Waals surface area contributed by atoms with Crippen LogP contribution in [0.4, 0.5) is 0 Å². The third-order valence-corrected chi connectivity index (χ3v) is 6.87. The molecule has 3 aromatic rings. The molecule has 1 unspecified atom stereocenters. The predicted molar refractivity (Wildman–Crippen MR) is 118 cm³/mol. The number of oxazole rings is 1. The van der Waals surface area contributed by atoms with E-state index in [1.807, 2.05) is 43.3 Å². The molecule has 2 amide bonds. The summed E-state index contributed by atoms with van der Waals surface area (Å²) in [5.74, 6) is 0.102. The smallest absolute Gasteiger partial charge is 0.276 e. The molecule has 7 nitrogen and oxygen atoms in total. The quantitative estimate of drug-likeness (QED) is 0.668. The van der Waals surface area contributed by atoms with Crippen LogP contribution in [0.3, 0.4) is 0 Å². The van der Waals surface area contributed by atoms with Gasteiger partial charge in [0, 0.05) is 43.0 Å². The van der Waals surface area contributed by atoms with Crippen molar-refractivity contribution in [3.63, 3.8) is 0 Å². The first kappa shape index (κ1) is 20.4. The summed E-state index contributed by atoms with van der Waals surface area (Å²) in [7, 11) is 0. The first-order valence-electron chi connectivity index (χ1n) is 11.0. The van der Waals surface area contributed by atoms with E-state index >= 15 is 0 Å². The van der Waals surface area contributed by atoms with Crippen molar-refractivity contribution in [1.82, 2.24) is 20.2 Å². The lowest BCUT2D eigenvalue weighted by atomic mass is 9.62. The molecule has 0 radical (unpaired) electrons. The molecule has 2 fully saturated rings. The van der Waals surface area contributed by atoms with Crippen LogP contribution in [0, 0.1) is 18.3 Å². The maximum atomic E-state index is 13.4. The number of aromatic nitrogens is 2. The third-order valence-electron chi connectivity index (χ3n) is 6.87. The standard InChI is InChI=1S/C25H26N4O3/c1-17-4-2-5-19(12-17)22-21(28-16-32-22)24(31)29-14-20(25(15-29)8-3-9-25)23(30)27-13-18-6-10-26-11-7-18/h2,4-7,10-12,16,20H,3,8-9,13-15H2,1H3,(H,27,30). The average molecular weight is 431 g/mol. The molecule has 1 aliphatic heterocycles. The molecule has 1 atom stereocenters. The summed E-state index contributed by atoms with van der Waals surface area (Å²) in [6, 6.07) is 11.6. The van der Waals surface area contributed by atoms with Crippen molar-refractivity contribution in [2.75, 3.05) is 13.1 Å². The van der Waals surface area contributed by atoms with E-state index in [4.69, 9.17) is 4.42 Å². The minimum Gasteiger partial charge on any atom is -0.443 e. The van der Waals surface area contributed by atoms with Gasteiger partial charge < -0.3 is 14.6 Å². The van der Waals surface area contributed by atoms with Gasteiger partial charge in [-0.1, -0.05) is 30.2 Å². The van der Waals surface area contributed by atoms with E-state index in [1.54, 1.807) is 17.3 Å². The molecular formula is C25H26N4O3. The predicted octanol–water partition coefficient (Wildman–Crippen LogP) is 3.60.